The predicted octanol–water partition coefficient (Wildman–Crippen LogP) is 0.538. The SMILES string of the molecule is Cn1cc(C2CCCCN2)n(C)c1=O. The van der Waals surface area contributed by atoms with Crippen LogP contribution in [0.3, 0.4) is 0 Å². The van der Waals surface area contributed by atoms with E-state index in [0.29, 0.717) is 6.04 Å². The van der Waals surface area contributed by atoms with Crippen molar-refractivity contribution in [1.82, 2.24) is 14.5 Å². The molecule has 0 saturated carbocycles. The van der Waals surface area contributed by atoms with E-state index in [1.54, 1.807) is 16.2 Å². The Bertz CT molecular complexity index is 371. The van der Waals surface area contributed by atoms with Gasteiger partial charge in [-0.3, -0.25) is 4.57 Å². The molecule has 1 saturated heterocycles. The van der Waals surface area contributed by atoms with Gasteiger partial charge in [0.2, 0.25) is 0 Å². The Kier molecular flexibility index (Phi) is 2.46. The molecule has 1 aliphatic heterocycles. The Morgan fingerprint density at radius 3 is 2.71 bits per heavy atom. The van der Waals surface area contributed by atoms with Gasteiger partial charge in [-0.05, 0) is 19.4 Å². The monoisotopic (exact) mass is 195 g/mol. The van der Waals surface area contributed by atoms with Crippen molar-refractivity contribution in [3.05, 3.63) is 22.4 Å². The first-order valence-corrected chi connectivity index (χ1v) is 5.16. The summed E-state index contributed by atoms with van der Waals surface area (Å²) in [5.74, 6) is 0. The Hall–Kier alpha value is -1.03. The normalized spacial score (nSPS) is 22.6. The summed E-state index contributed by atoms with van der Waals surface area (Å²) in [7, 11) is 3.64. The van der Waals surface area contributed by atoms with Crippen LogP contribution in [-0.2, 0) is 14.1 Å². The number of nitrogens with one attached hydrogen (secondary N) is 1. The molecular weight excluding hydrogens is 178 g/mol. The van der Waals surface area contributed by atoms with Crippen LogP contribution in [0.2, 0.25) is 0 Å². The van der Waals surface area contributed by atoms with Gasteiger partial charge in [-0.2, -0.15) is 0 Å². The van der Waals surface area contributed by atoms with Crippen LogP contribution >= 0.6 is 0 Å². The largest absolute Gasteiger partial charge is 0.327 e. The summed E-state index contributed by atoms with van der Waals surface area (Å²) in [6, 6.07) is 0.364. The van der Waals surface area contributed by atoms with E-state index in [-0.39, 0.29) is 5.69 Å². The zero-order valence-corrected chi connectivity index (χ0v) is 8.79. The van der Waals surface area contributed by atoms with E-state index in [2.05, 4.69) is 5.32 Å². The van der Waals surface area contributed by atoms with Crippen LogP contribution in [0.4, 0.5) is 0 Å². The summed E-state index contributed by atoms with van der Waals surface area (Å²) in [5.41, 5.74) is 1.17. The number of imidazole rings is 1. The number of rotatable bonds is 1. The predicted molar refractivity (Wildman–Crippen MR) is 55.2 cm³/mol. The van der Waals surface area contributed by atoms with E-state index in [1.807, 2.05) is 13.2 Å². The van der Waals surface area contributed by atoms with E-state index in [1.165, 1.54) is 12.8 Å². The van der Waals surface area contributed by atoms with Crippen LogP contribution in [0.1, 0.15) is 31.0 Å². The lowest BCUT2D eigenvalue weighted by Gasteiger charge is -2.23. The minimum absolute atomic E-state index is 0.0624. The Morgan fingerprint density at radius 1 is 1.43 bits per heavy atom. The minimum atomic E-state index is 0.0624. The molecule has 1 atom stereocenters. The minimum Gasteiger partial charge on any atom is -0.309 e. The Morgan fingerprint density at radius 2 is 2.21 bits per heavy atom. The number of hydrogen-bond donors (Lipinski definition) is 1. The third-order valence-corrected chi connectivity index (χ3v) is 2.97. The van der Waals surface area contributed by atoms with Gasteiger partial charge in [0.05, 0.1) is 5.69 Å². The lowest BCUT2D eigenvalue weighted by Crippen LogP contribution is -2.29. The van der Waals surface area contributed by atoms with Crippen molar-refractivity contribution in [1.29, 1.82) is 0 Å². The maximum atomic E-state index is 11.5. The van der Waals surface area contributed by atoms with Gasteiger partial charge in [0, 0.05) is 26.3 Å². The van der Waals surface area contributed by atoms with Crippen LogP contribution in [0, 0.1) is 0 Å². The Labute approximate surface area is 83.5 Å². The zero-order chi connectivity index (χ0) is 10.1. The number of nitrogens with zero attached hydrogens (tertiary/aromatic N) is 2. The maximum absolute atomic E-state index is 11.5. The van der Waals surface area contributed by atoms with Gasteiger partial charge in [0.1, 0.15) is 0 Å². The maximum Gasteiger partial charge on any atom is 0.327 e. The molecule has 0 radical (unpaired) electrons. The molecule has 4 heteroatoms. The van der Waals surface area contributed by atoms with Crippen molar-refractivity contribution >= 4 is 0 Å². The highest BCUT2D eigenvalue weighted by molar-refractivity contribution is 5.07. The topological polar surface area (TPSA) is 39.0 Å². The third-order valence-electron chi connectivity index (χ3n) is 2.97. The number of aromatic nitrogens is 2. The van der Waals surface area contributed by atoms with Crippen molar-refractivity contribution in [2.24, 2.45) is 14.1 Å². The third kappa shape index (κ3) is 1.50. The molecule has 1 aromatic rings. The van der Waals surface area contributed by atoms with E-state index in [0.717, 1.165) is 18.7 Å². The van der Waals surface area contributed by atoms with E-state index in [4.69, 9.17) is 0 Å². The first kappa shape index (κ1) is 9.52. The van der Waals surface area contributed by atoms with E-state index >= 15 is 0 Å². The average molecular weight is 195 g/mol. The average Bonchev–Trinajstić information content (AvgIpc) is 2.47. The van der Waals surface area contributed by atoms with Crippen molar-refractivity contribution in [2.75, 3.05) is 6.54 Å². The van der Waals surface area contributed by atoms with Crippen LogP contribution in [0.5, 0.6) is 0 Å². The molecule has 1 aliphatic rings. The van der Waals surface area contributed by atoms with E-state index in [9.17, 15) is 4.79 Å². The molecule has 1 fully saturated rings. The van der Waals surface area contributed by atoms with Crippen molar-refractivity contribution in [2.45, 2.75) is 25.3 Å². The standard InChI is InChI=1S/C10H17N3O/c1-12-7-9(13(2)10(12)14)8-5-3-4-6-11-8/h7-8,11H,3-6H2,1-2H3. The summed E-state index contributed by atoms with van der Waals surface area (Å²) in [6.07, 6.45) is 5.57. The summed E-state index contributed by atoms with van der Waals surface area (Å²) in [4.78, 5) is 11.5. The van der Waals surface area contributed by atoms with Crippen molar-refractivity contribution in [3.63, 3.8) is 0 Å². The van der Waals surface area contributed by atoms with Gasteiger partial charge in [-0.1, -0.05) is 6.42 Å². The molecule has 1 N–H and O–H groups in total. The first-order chi connectivity index (χ1) is 6.70. The fraction of sp³-hybridized carbons (Fsp3) is 0.700. The van der Waals surface area contributed by atoms with Crippen LogP contribution < -0.4 is 11.0 Å². The summed E-state index contributed by atoms with van der Waals surface area (Å²) in [5, 5.41) is 3.44. The van der Waals surface area contributed by atoms with E-state index < -0.39 is 0 Å². The molecular formula is C10H17N3O. The van der Waals surface area contributed by atoms with Gasteiger partial charge >= 0.3 is 5.69 Å². The van der Waals surface area contributed by atoms with Gasteiger partial charge in [-0.25, -0.2) is 4.79 Å². The number of aryl methyl sites for hydroxylation is 1. The Balaban J connectivity index is 2.31. The highest BCUT2D eigenvalue weighted by Gasteiger charge is 2.18. The molecule has 2 rings (SSSR count). The fourth-order valence-electron chi connectivity index (χ4n) is 2.12. The fourth-order valence-corrected chi connectivity index (χ4v) is 2.12. The molecule has 14 heavy (non-hydrogen) atoms. The van der Waals surface area contributed by atoms with Crippen LogP contribution in [0.25, 0.3) is 0 Å². The van der Waals surface area contributed by atoms with Crippen molar-refractivity contribution < 1.29 is 0 Å². The van der Waals surface area contributed by atoms with Crippen LogP contribution in [-0.4, -0.2) is 15.7 Å². The lowest BCUT2D eigenvalue weighted by atomic mass is 10.0. The molecule has 1 unspecified atom stereocenters. The van der Waals surface area contributed by atoms with Gasteiger partial charge in [0.25, 0.3) is 0 Å². The molecule has 2 heterocycles. The molecule has 0 aromatic carbocycles. The highest BCUT2D eigenvalue weighted by atomic mass is 16.1. The second-order valence-corrected chi connectivity index (χ2v) is 4.01. The summed E-state index contributed by atoms with van der Waals surface area (Å²) in [6.45, 7) is 1.06. The second-order valence-electron chi connectivity index (χ2n) is 4.01. The molecule has 0 aliphatic carbocycles. The van der Waals surface area contributed by atoms with Crippen LogP contribution in [0.15, 0.2) is 11.0 Å². The highest BCUT2D eigenvalue weighted by Crippen LogP contribution is 2.21. The zero-order valence-electron chi connectivity index (χ0n) is 8.79. The van der Waals surface area contributed by atoms with Crippen molar-refractivity contribution in [3.8, 4) is 0 Å². The summed E-state index contributed by atoms with van der Waals surface area (Å²) < 4.78 is 3.38. The molecule has 0 spiro atoms. The summed E-state index contributed by atoms with van der Waals surface area (Å²) >= 11 is 0. The second kappa shape index (κ2) is 3.61. The number of piperidine rings is 1. The first-order valence-electron chi connectivity index (χ1n) is 5.16. The lowest BCUT2D eigenvalue weighted by molar-refractivity contribution is 0.397. The van der Waals surface area contributed by atoms with Gasteiger partial charge in [0.15, 0.2) is 0 Å². The quantitative estimate of drug-likeness (QED) is 0.710. The molecule has 78 valence electrons. The smallest absolute Gasteiger partial charge is 0.309 e. The molecule has 4 nitrogen and oxygen atoms in total. The van der Waals surface area contributed by atoms with Gasteiger partial charge < -0.3 is 9.88 Å². The molecule has 1 aromatic heterocycles. The molecule has 0 bridgehead atoms. The molecule has 0 amide bonds. The van der Waals surface area contributed by atoms with Gasteiger partial charge in [-0.15, -0.1) is 0 Å². The number of hydrogen-bond acceptors (Lipinski definition) is 2.